The molecule has 0 aromatic rings. The van der Waals surface area contributed by atoms with E-state index < -0.39 is 0 Å². The Bertz CT molecular complexity index is 1030. The van der Waals surface area contributed by atoms with Crippen LogP contribution in [-0.2, 0) is 19.0 Å². The molecule has 0 aromatic heterocycles. The first kappa shape index (κ1) is 29.0. The summed E-state index contributed by atoms with van der Waals surface area (Å²) >= 11 is 0. The maximum atomic E-state index is 11.8. The van der Waals surface area contributed by atoms with Crippen LogP contribution in [0.4, 0.5) is 0 Å². The summed E-state index contributed by atoms with van der Waals surface area (Å²) in [4.78, 5) is 11.8. The van der Waals surface area contributed by atoms with Crippen LogP contribution >= 0.6 is 0 Å². The van der Waals surface area contributed by atoms with Crippen molar-refractivity contribution in [2.75, 3.05) is 13.2 Å². The SMILES string of the molecule is C=C1C2CC[C@]3(C)C(CC[C@@H]4[C@H]5[C@H](C(=C)C)CC[C@]5(COC5CCCCO5)CC[C@]43C)[C@@]2(C)CC[C@@H]1OC(C)=O. The topological polar surface area (TPSA) is 44.8 Å². The molecule has 0 N–H and O–H groups in total. The Morgan fingerprint density at radius 2 is 1.73 bits per heavy atom. The van der Waals surface area contributed by atoms with E-state index in [2.05, 4.69) is 40.9 Å². The van der Waals surface area contributed by atoms with Crippen LogP contribution in [0.1, 0.15) is 118 Å². The molecule has 1 saturated heterocycles. The first-order valence-corrected chi connectivity index (χ1v) is 16.7. The second kappa shape index (κ2) is 10.2. The predicted octanol–water partition coefficient (Wildman–Crippen LogP) is 8.65. The second-order valence-electron chi connectivity index (χ2n) is 15.9. The van der Waals surface area contributed by atoms with Crippen molar-refractivity contribution in [3.8, 4) is 0 Å². The van der Waals surface area contributed by atoms with E-state index in [1.165, 1.54) is 75.4 Å². The summed E-state index contributed by atoms with van der Waals surface area (Å²) in [7, 11) is 0. The molecule has 40 heavy (non-hydrogen) atoms. The number of carbonyl (C=O) groups excluding carboxylic acids is 1. The molecule has 0 amide bonds. The molecular formula is C36H56O4. The highest BCUT2D eigenvalue weighted by molar-refractivity contribution is 5.66. The van der Waals surface area contributed by atoms with E-state index in [-0.39, 0.29) is 29.2 Å². The lowest BCUT2D eigenvalue weighted by molar-refractivity contribution is -0.237. The Morgan fingerprint density at radius 1 is 0.925 bits per heavy atom. The van der Waals surface area contributed by atoms with E-state index in [1.807, 2.05) is 0 Å². The number of rotatable bonds is 5. The number of allylic oxidation sites excluding steroid dienone is 1. The highest BCUT2D eigenvalue weighted by Gasteiger charge is 2.70. The molecule has 0 spiro atoms. The van der Waals surface area contributed by atoms with E-state index in [1.54, 1.807) is 6.92 Å². The molecule has 6 rings (SSSR count). The van der Waals surface area contributed by atoms with Crippen LogP contribution in [0.3, 0.4) is 0 Å². The number of hydrogen-bond acceptors (Lipinski definition) is 4. The van der Waals surface area contributed by atoms with Crippen LogP contribution in [0.25, 0.3) is 0 Å². The van der Waals surface area contributed by atoms with Gasteiger partial charge in [-0.1, -0.05) is 39.5 Å². The van der Waals surface area contributed by atoms with Crippen LogP contribution in [0.15, 0.2) is 24.3 Å². The second-order valence-corrected chi connectivity index (χ2v) is 15.9. The Kier molecular flexibility index (Phi) is 7.42. The monoisotopic (exact) mass is 552 g/mol. The smallest absolute Gasteiger partial charge is 0.303 e. The molecule has 1 heterocycles. The third-order valence-electron chi connectivity index (χ3n) is 14.3. The fourth-order valence-electron chi connectivity index (χ4n) is 12.1. The number of hydrogen-bond donors (Lipinski definition) is 0. The highest BCUT2D eigenvalue weighted by Crippen LogP contribution is 2.76. The van der Waals surface area contributed by atoms with Gasteiger partial charge in [0, 0.05) is 13.5 Å². The van der Waals surface area contributed by atoms with E-state index in [9.17, 15) is 4.79 Å². The van der Waals surface area contributed by atoms with Crippen LogP contribution < -0.4 is 0 Å². The number of fused-ring (bicyclic) bond motifs is 7. The van der Waals surface area contributed by atoms with Crippen molar-refractivity contribution in [1.82, 2.24) is 0 Å². The first-order valence-electron chi connectivity index (χ1n) is 16.7. The Morgan fingerprint density at radius 3 is 2.42 bits per heavy atom. The summed E-state index contributed by atoms with van der Waals surface area (Å²) in [5, 5.41) is 0. The van der Waals surface area contributed by atoms with Crippen LogP contribution in [0, 0.1) is 51.2 Å². The van der Waals surface area contributed by atoms with Gasteiger partial charge in [-0.05, 0) is 147 Å². The van der Waals surface area contributed by atoms with Gasteiger partial charge in [0.1, 0.15) is 6.10 Å². The fourth-order valence-corrected chi connectivity index (χ4v) is 12.1. The van der Waals surface area contributed by atoms with Gasteiger partial charge in [-0.15, -0.1) is 0 Å². The van der Waals surface area contributed by atoms with E-state index >= 15 is 0 Å². The summed E-state index contributed by atoms with van der Waals surface area (Å²) in [5.74, 6) is 3.00. The van der Waals surface area contributed by atoms with Gasteiger partial charge in [0.2, 0.25) is 0 Å². The molecule has 6 fully saturated rings. The minimum atomic E-state index is -0.170. The molecular weight excluding hydrogens is 496 g/mol. The van der Waals surface area contributed by atoms with Gasteiger partial charge in [0.25, 0.3) is 0 Å². The van der Waals surface area contributed by atoms with Gasteiger partial charge in [0.05, 0.1) is 6.61 Å². The van der Waals surface area contributed by atoms with Gasteiger partial charge in [-0.3, -0.25) is 4.79 Å². The Labute approximate surface area is 244 Å². The predicted molar refractivity (Wildman–Crippen MR) is 159 cm³/mol. The van der Waals surface area contributed by atoms with Gasteiger partial charge < -0.3 is 14.2 Å². The molecule has 5 aliphatic carbocycles. The molecule has 3 unspecified atom stereocenters. The zero-order valence-electron chi connectivity index (χ0n) is 26.2. The normalized spacial score (nSPS) is 50.2. The van der Waals surface area contributed by atoms with Gasteiger partial charge >= 0.3 is 5.97 Å². The van der Waals surface area contributed by atoms with Crippen molar-refractivity contribution >= 4 is 5.97 Å². The molecule has 1 aliphatic heterocycles. The molecule has 0 aromatic carbocycles. The molecule has 6 aliphatic rings. The lowest BCUT2D eigenvalue weighted by Gasteiger charge is -2.71. The molecule has 4 nitrogen and oxygen atoms in total. The summed E-state index contributed by atoms with van der Waals surface area (Å²) in [6, 6.07) is 0. The minimum Gasteiger partial charge on any atom is -0.458 e. The van der Waals surface area contributed by atoms with Crippen molar-refractivity contribution in [1.29, 1.82) is 0 Å². The third-order valence-corrected chi connectivity index (χ3v) is 14.3. The zero-order valence-corrected chi connectivity index (χ0v) is 26.2. The largest absolute Gasteiger partial charge is 0.458 e. The molecule has 5 saturated carbocycles. The number of carbonyl (C=O) groups is 1. The highest BCUT2D eigenvalue weighted by atomic mass is 16.7. The Hall–Kier alpha value is -1.13. The van der Waals surface area contributed by atoms with Crippen molar-refractivity contribution in [2.45, 2.75) is 130 Å². The van der Waals surface area contributed by atoms with E-state index in [4.69, 9.17) is 14.2 Å². The number of ether oxygens (including phenoxy) is 3. The summed E-state index contributed by atoms with van der Waals surface area (Å²) < 4.78 is 18.4. The molecule has 0 bridgehead atoms. The quantitative estimate of drug-likeness (QED) is 0.253. The van der Waals surface area contributed by atoms with Crippen molar-refractivity contribution in [3.05, 3.63) is 24.3 Å². The minimum absolute atomic E-state index is 0.000322. The average molecular weight is 553 g/mol. The lowest BCUT2D eigenvalue weighted by Crippen LogP contribution is -2.65. The van der Waals surface area contributed by atoms with Crippen molar-refractivity contribution in [2.24, 2.45) is 51.2 Å². The maximum Gasteiger partial charge on any atom is 0.303 e. The van der Waals surface area contributed by atoms with E-state index in [0.717, 1.165) is 38.4 Å². The Balaban J connectivity index is 1.28. The molecule has 4 heteroatoms. The third kappa shape index (κ3) is 4.23. The van der Waals surface area contributed by atoms with Gasteiger partial charge in [-0.2, -0.15) is 0 Å². The fraction of sp³-hybridized carbons (Fsp3) is 0.861. The van der Waals surface area contributed by atoms with Gasteiger partial charge in [-0.25, -0.2) is 0 Å². The molecule has 0 radical (unpaired) electrons. The molecule has 224 valence electrons. The standard InChI is InChI=1S/C36H56O4/c1-23(2)26-13-18-36(22-39-31-10-8-9-21-38-31)20-19-34(6)28(32(26)36)11-12-30-33(5)16-15-29(40-25(4)37)24(3)27(33)14-17-35(30,34)7/h26-32H,1,3,8-22H2,2,4-7H3/t26-,27?,28+,29-,30?,31?,32+,33-,34+,35+,36+/m0/s1. The summed E-state index contributed by atoms with van der Waals surface area (Å²) in [6.07, 6.45) is 15.7. The van der Waals surface area contributed by atoms with Crippen LogP contribution in [0.2, 0.25) is 0 Å². The number of esters is 1. The van der Waals surface area contributed by atoms with Crippen molar-refractivity contribution in [3.63, 3.8) is 0 Å². The van der Waals surface area contributed by atoms with Gasteiger partial charge in [0.15, 0.2) is 6.29 Å². The van der Waals surface area contributed by atoms with Crippen LogP contribution in [-0.4, -0.2) is 31.6 Å². The molecule has 11 atom stereocenters. The maximum absolute atomic E-state index is 11.8. The van der Waals surface area contributed by atoms with Crippen molar-refractivity contribution < 1.29 is 19.0 Å². The first-order chi connectivity index (χ1) is 19.0. The van der Waals surface area contributed by atoms with Crippen LogP contribution in [0.5, 0.6) is 0 Å². The summed E-state index contributed by atoms with van der Waals surface area (Å²) in [6.45, 7) is 22.7. The zero-order chi connectivity index (χ0) is 28.5. The summed E-state index contributed by atoms with van der Waals surface area (Å²) in [5.41, 5.74) is 3.75. The van der Waals surface area contributed by atoms with E-state index in [0.29, 0.717) is 34.5 Å². The average Bonchev–Trinajstić information content (AvgIpc) is 3.30. The lowest BCUT2D eigenvalue weighted by atomic mass is 9.33.